The lowest BCUT2D eigenvalue weighted by Crippen LogP contribution is -2.26. The summed E-state index contributed by atoms with van der Waals surface area (Å²) in [5, 5.41) is 6.05. The monoisotopic (exact) mass is 412 g/mol. The molecule has 7 nitrogen and oxygen atoms in total. The van der Waals surface area contributed by atoms with E-state index in [-0.39, 0.29) is 17.1 Å². The number of benzene rings is 1. The molecule has 1 amide bonds. The molecule has 1 aliphatic carbocycles. The fourth-order valence-corrected chi connectivity index (χ4v) is 3.88. The fourth-order valence-electron chi connectivity index (χ4n) is 3.12. The van der Waals surface area contributed by atoms with Gasteiger partial charge in [0.05, 0.1) is 11.0 Å². The Hall–Kier alpha value is -2.61. The van der Waals surface area contributed by atoms with E-state index < -0.39 is 0 Å². The first-order chi connectivity index (χ1) is 14.1. The van der Waals surface area contributed by atoms with E-state index in [9.17, 15) is 4.79 Å². The molecule has 0 saturated heterocycles. The maximum Gasteiger partial charge on any atom is 0.232 e. The minimum absolute atomic E-state index is 0.0305. The van der Waals surface area contributed by atoms with Gasteiger partial charge in [0.15, 0.2) is 0 Å². The van der Waals surface area contributed by atoms with Crippen molar-refractivity contribution < 1.29 is 4.79 Å². The summed E-state index contributed by atoms with van der Waals surface area (Å²) < 4.78 is 0. The highest BCUT2D eigenvalue weighted by molar-refractivity contribution is 8.00. The Balaban J connectivity index is 1.47. The van der Waals surface area contributed by atoms with Gasteiger partial charge in [-0.25, -0.2) is 0 Å². The van der Waals surface area contributed by atoms with E-state index in [0.717, 1.165) is 12.1 Å². The molecule has 3 rings (SSSR count). The van der Waals surface area contributed by atoms with Crippen molar-refractivity contribution in [2.45, 2.75) is 44.3 Å². The fraction of sp³-hybridized carbons (Fsp3) is 0.429. The van der Waals surface area contributed by atoms with Crippen LogP contribution in [0.3, 0.4) is 0 Å². The molecule has 8 heteroatoms. The van der Waals surface area contributed by atoms with Gasteiger partial charge < -0.3 is 16.4 Å². The Morgan fingerprint density at radius 3 is 2.79 bits per heavy atom. The molecular formula is C21H28N6OS. The first kappa shape index (κ1) is 21.1. The average Bonchev–Trinajstić information content (AvgIpc) is 2.73. The highest BCUT2D eigenvalue weighted by atomic mass is 32.2. The standard InChI is InChI=1S/C21H28N6OS/c1-15(29-14-18(28)23-13-12-16-8-4-2-5-9-16)19-25-20(22)27-21(26-19)24-17-10-6-3-7-11-17/h3,6-8,10-11,15H,2,4-5,9,12-14H2,1H3,(H,23,28)(H3,22,24,25,26,27)/t15-/m0/s1. The second-order valence-corrected chi connectivity index (χ2v) is 8.36. The third kappa shape index (κ3) is 7.05. The van der Waals surface area contributed by atoms with Crippen molar-refractivity contribution in [2.75, 3.05) is 23.3 Å². The number of para-hydroxylation sites is 1. The number of aromatic nitrogens is 3. The number of allylic oxidation sites excluding steroid dienone is 1. The Kier molecular flexibility index (Phi) is 7.86. The van der Waals surface area contributed by atoms with Gasteiger partial charge in [0.2, 0.25) is 17.8 Å². The van der Waals surface area contributed by atoms with E-state index in [0.29, 0.717) is 24.1 Å². The van der Waals surface area contributed by atoms with Crippen LogP contribution in [0, 0.1) is 0 Å². The molecule has 1 aromatic heterocycles. The molecule has 1 aromatic carbocycles. The van der Waals surface area contributed by atoms with Crippen molar-refractivity contribution in [3.8, 4) is 0 Å². The lowest BCUT2D eigenvalue weighted by atomic mass is 9.97. The van der Waals surface area contributed by atoms with E-state index in [1.54, 1.807) is 0 Å². The normalized spacial score (nSPS) is 14.7. The van der Waals surface area contributed by atoms with Crippen LogP contribution < -0.4 is 16.4 Å². The summed E-state index contributed by atoms with van der Waals surface area (Å²) in [5.41, 5.74) is 8.19. The third-order valence-corrected chi connectivity index (χ3v) is 5.82. The van der Waals surface area contributed by atoms with Crippen molar-refractivity contribution in [1.82, 2.24) is 20.3 Å². The van der Waals surface area contributed by atoms with Gasteiger partial charge in [-0.15, -0.1) is 11.8 Å². The Morgan fingerprint density at radius 1 is 1.21 bits per heavy atom. The van der Waals surface area contributed by atoms with Gasteiger partial charge in [-0.1, -0.05) is 29.8 Å². The zero-order valence-electron chi connectivity index (χ0n) is 16.7. The van der Waals surface area contributed by atoms with Crippen LogP contribution in [0.4, 0.5) is 17.6 Å². The highest BCUT2D eigenvalue weighted by Gasteiger charge is 2.15. The first-order valence-electron chi connectivity index (χ1n) is 10.00. The molecule has 0 unspecified atom stereocenters. The van der Waals surface area contributed by atoms with Crippen molar-refractivity contribution in [3.63, 3.8) is 0 Å². The zero-order valence-corrected chi connectivity index (χ0v) is 17.5. The number of carbonyl (C=O) groups excluding carboxylic acids is 1. The van der Waals surface area contributed by atoms with Crippen LogP contribution >= 0.6 is 11.8 Å². The summed E-state index contributed by atoms with van der Waals surface area (Å²) >= 11 is 1.48. The molecule has 0 spiro atoms. The van der Waals surface area contributed by atoms with Gasteiger partial charge in [-0.05, 0) is 51.2 Å². The number of hydrogen-bond acceptors (Lipinski definition) is 7. The van der Waals surface area contributed by atoms with Gasteiger partial charge >= 0.3 is 0 Å². The van der Waals surface area contributed by atoms with Crippen molar-refractivity contribution >= 4 is 35.3 Å². The largest absolute Gasteiger partial charge is 0.368 e. The van der Waals surface area contributed by atoms with Gasteiger partial charge in [0.25, 0.3) is 0 Å². The molecule has 0 bridgehead atoms. The minimum Gasteiger partial charge on any atom is -0.368 e. The number of rotatable bonds is 9. The quantitative estimate of drug-likeness (QED) is 0.535. The maximum absolute atomic E-state index is 12.2. The summed E-state index contributed by atoms with van der Waals surface area (Å²) in [5.74, 6) is 1.50. The second-order valence-electron chi connectivity index (χ2n) is 7.03. The summed E-state index contributed by atoms with van der Waals surface area (Å²) in [7, 11) is 0. The number of thioether (sulfide) groups is 1. The lowest BCUT2D eigenvalue weighted by molar-refractivity contribution is -0.118. The van der Waals surface area contributed by atoms with Crippen molar-refractivity contribution in [3.05, 3.63) is 47.8 Å². The molecule has 1 atom stereocenters. The third-order valence-electron chi connectivity index (χ3n) is 4.68. The average molecular weight is 413 g/mol. The molecule has 1 heterocycles. The molecule has 0 radical (unpaired) electrons. The molecule has 0 fully saturated rings. The predicted octanol–water partition coefficient (Wildman–Crippen LogP) is 4.00. The number of amides is 1. The molecule has 154 valence electrons. The van der Waals surface area contributed by atoms with Gasteiger partial charge in [-0.3, -0.25) is 4.79 Å². The van der Waals surface area contributed by atoms with E-state index in [4.69, 9.17) is 5.73 Å². The molecule has 29 heavy (non-hydrogen) atoms. The molecule has 1 aliphatic rings. The van der Waals surface area contributed by atoms with E-state index in [1.165, 1.54) is 43.0 Å². The van der Waals surface area contributed by atoms with Gasteiger partial charge in [0.1, 0.15) is 5.82 Å². The predicted molar refractivity (Wildman–Crippen MR) is 119 cm³/mol. The Labute approximate surface area is 176 Å². The van der Waals surface area contributed by atoms with Crippen LogP contribution in [0.1, 0.15) is 50.1 Å². The molecule has 0 aliphatic heterocycles. The molecule has 2 aromatic rings. The molecule has 0 saturated carbocycles. The number of carbonyl (C=O) groups is 1. The van der Waals surface area contributed by atoms with Crippen molar-refractivity contribution in [2.24, 2.45) is 0 Å². The zero-order chi connectivity index (χ0) is 20.5. The smallest absolute Gasteiger partial charge is 0.232 e. The maximum atomic E-state index is 12.2. The van der Waals surface area contributed by atoms with E-state index in [2.05, 4.69) is 31.7 Å². The van der Waals surface area contributed by atoms with Crippen LogP contribution in [0.5, 0.6) is 0 Å². The Bertz CT molecular complexity index is 842. The SMILES string of the molecule is C[C@H](SCC(=O)NCCC1=CCCCC1)c1nc(N)nc(Nc2ccccc2)n1. The van der Waals surface area contributed by atoms with Gasteiger partial charge in [0, 0.05) is 12.2 Å². The molecule has 4 N–H and O–H groups in total. The summed E-state index contributed by atoms with van der Waals surface area (Å²) in [6.45, 7) is 2.66. The highest BCUT2D eigenvalue weighted by Crippen LogP contribution is 2.26. The Morgan fingerprint density at radius 2 is 2.03 bits per heavy atom. The van der Waals surface area contributed by atoms with Crippen LogP contribution in [-0.4, -0.2) is 33.2 Å². The van der Waals surface area contributed by atoms with Crippen LogP contribution in [0.15, 0.2) is 42.0 Å². The number of nitrogen functional groups attached to an aromatic ring is 1. The number of nitrogens with zero attached hydrogens (tertiary/aromatic N) is 3. The van der Waals surface area contributed by atoms with E-state index in [1.807, 2.05) is 37.3 Å². The summed E-state index contributed by atoms with van der Waals surface area (Å²) in [6.07, 6.45) is 8.16. The van der Waals surface area contributed by atoms with Crippen molar-refractivity contribution in [1.29, 1.82) is 0 Å². The summed E-state index contributed by atoms with van der Waals surface area (Å²) in [4.78, 5) is 25.0. The van der Waals surface area contributed by atoms with Crippen LogP contribution in [-0.2, 0) is 4.79 Å². The number of nitrogens with one attached hydrogen (secondary N) is 2. The minimum atomic E-state index is -0.0802. The van der Waals surface area contributed by atoms with Crippen LogP contribution in [0.2, 0.25) is 0 Å². The number of hydrogen-bond donors (Lipinski definition) is 3. The topological polar surface area (TPSA) is 106 Å². The number of anilines is 3. The second kappa shape index (κ2) is 10.8. The van der Waals surface area contributed by atoms with Gasteiger partial charge in [-0.2, -0.15) is 15.0 Å². The first-order valence-corrected chi connectivity index (χ1v) is 11.0. The molecular weight excluding hydrogens is 384 g/mol. The van der Waals surface area contributed by atoms with Crippen LogP contribution in [0.25, 0.3) is 0 Å². The van der Waals surface area contributed by atoms with E-state index >= 15 is 0 Å². The lowest BCUT2D eigenvalue weighted by Gasteiger charge is -2.14. The summed E-state index contributed by atoms with van der Waals surface area (Å²) in [6, 6.07) is 9.64. The number of nitrogens with two attached hydrogens (primary N) is 1.